The van der Waals surface area contributed by atoms with Gasteiger partial charge in [-0.25, -0.2) is 13.4 Å². The lowest BCUT2D eigenvalue weighted by Crippen LogP contribution is -2.15. The number of nitrogens with one attached hydrogen (secondary N) is 2. The molecule has 2 N–H and O–H groups in total. The number of nitrogens with zero attached hydrogens (tertiary/aromatic N) is 2. The van der Waals surface area contributed by atoms with E-state index in [0.29, 0.717) is 18.0 Å². The summed E-state index contributed by atoms with van der Waals surface area (Å²) in [5.41, 5.74) is 1.79. The first-order valence-corrected chi connectivity index (χ1v) is 9.79. The molecule has 3 aromatic rings. The third-order valence-corrected chi connectivity index (χ3v) is 5.30. The smallest absolute Gasteiger partial charge is 0.268 e. The standard InChI is InChI=1S/C18H20N4O4S/c1-4-25-16-8-6-5-7-15(16)20-14-9-10-17(19-11-14)22-27(23,24)18-12(2)21-26-13(18)3/h5-11,20H,4H2,1-3H3,(H,19,22). The number of hydrogen-bond acceptors (Lipinski definition) is 7. The monoisotopic (exact) mass is 388 g/mol. The van der Waals surface area contributed by atoms with Crippen molar-refractivity contribution in [2.24, 2.45) is 0 Å². The van der Waals surface area contributed by atoms with E-state index in [4.69, 9.17) is 9.26 Å². The molecule has 0 bridgehead atoms. The summed E-state index contributed by atoms with van der Waals surface area (Å²) >= 11 is 0. The maximum absolute atomic E-state index is 12.5. The van der Waals surface area contributed by atoms with E-state index in [0.717, 1.165) is 11.4 Å². The lowest BCUT2D eigenvalue weighted by Gasteiger charge is -2.12. The van der Waals surface area contributed by atoms with E-state index in [9.17, 15) is 8.42 Å². The van der Waals surface area contributed by atoms with Crippen molar-refractivity contribution in [1.82, 2.24) is 10.1 Å². The van der Waals surface area contributed by atoms with E-state index < -0.39 is 10.0 Å². The van der Waals surface area contributed by atoms with Crippen LogP contribution < -0.4 is 14.8 Å². The average Bonchev–Trinajstić information content (AvgIpc) is 2.97. The molecule has 0 saturated heterocycles. The number of pyridine rings is 1. The van der Waals surface area contributed by atoms with E-state index in [-0.39, 0.29) is 16.5 Å². The quantitative estimate of drug-likeness (QED) is 0.636. The van der Waals surface area contributed by atoms with Crippen LogP contribution in [-0.2, 0) is 10.0 Å². The normalized spacial score (nSPS) is 11.2. The lowest BCUT2D eigenvalue weighted by atomic mass is 10.2. The van der Waals surface area contributed by atoms with E-state index in [1.54, 1.807) is 26.0 Å². The maximum atomic E-state index is 12.5. The van der Waals surface area contributed by atoms with Gasteiger partial charge in [0.05, 0.1) is 24.2 Å². The average molecular weight is 388 g/mol. The number of aryl methyl sites for hydroxylation is 2. The summed E-state index contributed by atoms with van der Waals surface area (Å²) in [6, 6.07) is 10.8. The fourth-order valence-corrected chi connectivity index (χ4v) is 3.92. The number of hydrogen-bond donors (Lipinski definition) is 2. The van der Waals surface area contributed by atoms with Gasteiger partial charge < -0.3 is 14.6 Å². The maximum Gasteiger partial charge on any atom is 0.268 e. The van der Waals surface area contributed by atoms with Gasteiger partial charge >= 0.3 is 0 Å². The summed E-state index contributed by atoms with van der Waals surface area (Å²) in [5, 5.41) is 6.88. The van der Waals surface area contributed by atoms with Gasteiger partial charge in [-0.15, -0.1) is 0 Å². The number of rotatable bonds is 7. The third kappa shape index (κ3) is 4.20. The van der Waals surface area contributed by atoms with E-state index in [1.807, 2.05) is 31.2 Å². The Kier molecular flexibility index (Phi) is 5.31. The van der Waals surface area contributed by atoms with E-state index in [1.165, 1.54) is 6.20 Å². The zero-order chi connectivity index (χ0) is 19.4. The van der Waals surface area contributed by atoms with Crippen LogP contribution in [0, 0.1) is 13.8 Å². The highest BCUT2D eigenvalue weighted by Crippen LogP contribution is 2.28. The Balaban J connectivity index is 1.76. The minimum absolute atomic E-state index is 0.0251. The topological polar surface area (TPSA) is 106 Å². The van der Waals surface area contributed by atoms with Crippen LogP contribution in [0.25, 0.3) is 0 Å². The van der Waals surface area contributed by atoms with Gasteiger partial charge in [-0.1, -0.05) is 17.3 Å². The van der Waals surface area contributed by atoms with Crippen LogP contribution in [0.1, 0.15) is 18.4 Å². The number of ether oxygens (including phenoxy) is 1. The predicted molar refractivity (Wildman–Crippen MR) is 102 cm³/mol. The summed E-state index contributed by atoms with van der Waals surface area (Å²) in [6.07, 6.45) is 1.54. The van der Waals surface area contributed by atoms with Crippen molar-refractivity contribution < 1.29 is 17.7 Å². The van der Waals surface area contributed by atoms with Gasteiger partial charge in [0, 0.05) is 0 Å². The van der Waals surface area contributed by atoms with Crippen LogP contribution >= 0.6 is 0 Å². The summed E-state index contributed by atoms with van der Waals surface area (Å²) in [6.45, 7) is 5.59. The zero-order valence-electron chi connectivity index (χ0n) is 15.2. The van der Waals surface area contributed by atoms with Gasteiger partial charge in [0.1, 0.15) is 17.3 Å². The highest BCUT2D eigenvalue weighted by atomic mass is 32.2. The molecule has 0 aliphatic heterocycles. The minimum Gasteiger partial charge on any atom is -0.492 e. The van der Waals surface area contributed by atoms with Crippen molar-refractivity contribution in [2.75, 3.05) is 16.6 Å². The number of anilines is 3. The second-order valence-corrected chi connectivity index (χ2v) is 7.36. The fourth-order valence-electron chi connectivity index (χ4n) is 2.58. The molecule has 0 amide bonds. The first kappa shape index (κ1) is 18.7. The molecule has 2 heterocycles. The first-order valence-electron chi connectivity index (χ1n) is 8.31. The molecule has 0 spiro atoms. The molecule has 0 atom stereocenters. The van der Waals surface area contributed by atoms with Crippen molar-refractivity contribution in [2.45, 2.75) is 25.7 Å². The van der Waals surface area contributed by atoms with Crippen LogP contribution in [-0.4, -0.2) is 25.2 Å². The molecule has 9 heteroatoms. The largest absolute Gasteiger partial charge is 0.492 e. The summed E-state index contributed by atoms with van der Waals surface area (Å²) in [7, 11) is -3.83. The highest BCUT2D eigenvalue weighted by molar-refractivity contribution is 7.92. The number of para-hydroxylation sites is 2. The van der Waals surface area contributed by atoms with Crippen molar-refractivity contribution in [1.29, 1.82) is 0 Å². The number of aromatic nitrogens is 2. The molecule has 0 saturated carbocycles. The fraction of sp³-hybridized carbons (Fsp3) is 0.222. The SMILES string of the molecule is CCOc1ccccc1Nc1ccc(NS(=O)(=O)c2c(C)noc2C)nc1. The molecule has 0 fully saturated rings. The van der Waals surface area contributed by atoms with Crippen molar-refractivity contribution in [3.63, 3.8) is 0 Å². The second-order valence-electron chi connectivity index (χ2n) is 5.75. The van der Waals surface area contributed by atoms with Crippen molar-refractivity contribution in [3.8, 4) is 5.75 Å². The molecule has 8 nitrogen and oxygen atoms in total. The van der Waals surface area contributed by atoms with Gasteiger partial charge in [-0.3, -0.25) is 4.72 Å². The second kappa shape index (κ2) is 7.67. The van der Waals surface area contributed by atoms with Crippen LogP contribution in [0.5, 0.6) is 5.75 Å². The minimum atomic E-state index is -3.83. The molecule has 0 radical (unpaired) electrons. The van der Waals surface area contributed by atoms with E-state index >= 15 is 0 Å². The van der Waals surface area contributed by atoms with Gasteiger partial charge in [-0.05, 0) is 45.0 Å². The molecule has 0 aliphatic carbocycles. The molecule has 142 valence electrons. The van der Waals surface area contributed by atoms with Crippen molar-refractivity contribution in [3.05, 3.63) is 54.0 Å². The van der Waals surface area contributed by atoms with Gasteiger partial charge in [-0.2, -0.15) is 0 Å². The van der Waals surface area contributed by atoms with Gasteiger partial charge in [0.2, 0.25) is 0 Å². The third-order valence-electron chi connectivity index (χ3n) is 3.70. The molecule has 3 rings (SSSR count). The molecule has 0 aliphatic rings. The first-order chi connectivity index (χ1) is 12.9. The zero-order valence-corrected chi connectivity index (χ0v) is 16.0. The van der Waals surface area contributed by atoms with Crippen LogP contribution in [0.4, 0.5) is 17.2 Å². The molecule has 27 heavy (non-hydrogen) atoms. The van der Waals surface area contributed by atoms with Gasteiger partial charge in [0.25, 0.3) is 10.0 Å². The molecule has 0 unspecified atom stereocenters. The van der Waals surface area contributed by atoms with E-state index in [2.05, 4.69) is 20.2 Å². The molecule has 1 aromatic carbocycles. The highest BCUT2D eigenvalue weighted by Gasteiger charge is 2.24. The Bertz CT molecular complexity index is 1010. The van der Waals surface area contributed by atoms with Crippen LogP contribution in [0.15, 0.2) is 52.0 Å². The lowest BCUT2D eigenvalue weighted by molar-refractivity contribution is 0.342. The number of sulfonamides is 1. The molecular formula is C18H20N4O4S. The predicted octanol–water partition coefficient (Wildman–Crippen LogP) is 3.63. The van der Waals surface area contributed by atoms with Crippen molar-refractivity contribution >= 4 is 27.2 Å². The Hall–Kier alpha value is -3.07. The Morgan fingerprint density at radius 3 is 2.56 bits per heavy atom. The number of benzene rings is 1. The Labute approximate surface area is 157 Å². The summed E-state index contributed by atoms with van der Waals surface area (Å²) < 4.78 is 38.0. The molecule has 2 aromatic heterocycles. The van der Waals surface area contributed by atoms with Gasteiger partial charge in [0.15, 0.2) is 10.7 Å². The Morgan fingerprint density at radius 1 is 1.15 bits per heavy atom. The Morgan fingerprint density at radius 2 is 1.93 bits per heavy atom. The van der Waals surface area contributed by atoms with Crippen LogP contribution in [0.3, 0.4) is 0 Å². The summed E-state index contributed by atoms with van der Waals surface area (Å²) in [4.78, 5) is 4.19. The van der Waals surface area contributed by atoms with Crippen LogP contribution in [0.2, 0.25) is 0 Å². The summed E-state index contributed by atoms with van der Waals surface area (Å²) in [5.74, 6) is 1.15. The molecular weight excluding hydrogens is 368 g/mol.